The van der Waals surface area contributed by atoms with Crippen molar-refractivity contribution in [1.29, 1.82) is 0 Å². The van der Waals surface area contributed by atoms with Gasteiger partial charge >= 0.3 is 0 Å². The number of hydrogen-bond donors (Lipinski definition) is 0. The average Bonchev–Trinajstić information content (AvgIpc) is 1.84. The minimum atomic E-state index is 1.28. The molecule has 0 atom stereocenters. The fraction of sp³-hybridized carbons (Fsp3) is 0.429. The molecule has 0 unspecified atom stereocenters. The molecule has 0 aromatic rings. The molecule has 0 heterocycles. The van der Waals surface area contributed by atoms with Crippen molar-refractivity contribution in [3.8, 4) is 0 Å². The maximum Gasteiger partial charge on any atom is -0.0140 e. The summed E-state index contributed by atoms with van der Waals surface area (Å²) in [7, 11) is 0. The molecule has 0 amide bonds. The number of rotatable bonds is 2. The summed E-state index contributed by atoms with van der Waals surface area (Å²) in [6, 6.07) is 0. The first kappa shape index (κ1) is 7.83. The molecule has 0 aliphatic heterocycles. The fourth-order valence-electron chi connectivity index (χ4n) is 0.305. The summed E-state index contributed by atoms with van der Waals surface area (Å²) < 4.78 is 0. The second-order valence-corrected chi connectivity index (χ2v) is 2.67. The highest BCUT2D eigenvalue weighted by molar-refractivity contribution is 8.02. The van der Waals surface area contributed by atoms with E-state index in [9.17, 15) is 0 Å². The summed E-state index contributed by atoms with van der Waals surface area (Å²) in [6.07, 6.45) is 3.95. The van der Waals surface area contributed by atoms with Crippen LogP contribution in [0.25, 0.3) is 0 Å². The predicted octanol–water partition coefficient (Wildman–Crippen LogP) is 2.83. The van der Waals surface area contributed by atoms with E-state index in [0.29, 0.717) is 0 Å². The Balaban J connectivity index is 4.03. The van der Waals surface area contributed by atoms with Gasteiger partial charge in [0.2, 0.25) is 0 Å². The summed E-state index contributed by atoms with van der Waals surface area (Å²) in [6.45, 7) is 7.83. The Morgan fingerprint density at radius 1 is 1.50 bits per heavy atom. The summed E-state index contributed by atoms with van der Waals surface area (Å²) in [5, 5.41) is 0. The zero-order valence-corrected chi connectivity index (χ0v) is 6.51. The Labute approximate surface area is 55.7 Å². The molecule has 0 spiro atoms. The van der Waals surface area contributed by atoms with Crippen LogP contribution in [-0.4, -0.2) is 6.26 Å². The maximum absolute atomic E-state index is 3.66. The van der Waals surface area contributed by atoms with Crippen molar-refractivity contribution in [3.05, 3.63) is 23.1 Å². The van der Waals surface area contributed by atoms with Gasteiger partial charge < -0.3 is 0 Å². The highest BCUT2D eigenvalue weighted by Crippen LogP contribution is 2.15. The number of hydrogen-bond acceptors (Lipinski definition) is 1. The summed E-state index contributed by atoms with van der Waals surface area (Å²) in [5.74, 6) is 0. The van der Waals surface area contributed by atoms with Crippen LogP contribution in [0.1, 0.15) is 13.8 Å². The average molecular weight is 128 g/mol. The third-order valence-corrected chi connectivity index (χ3v) is 2.10. The van der Waals surface area contributed by atoms with Crippen molar-refractivity contribution in [2.75, 3.05) is 6.26 Å². The van der Waals surface area contributed by atoms with Gasteiger partial charge in [-0.3, -0.25) is 0 Å². The van der Waals surface area contributed by atoms with Gasteiger partial charge in [0, 0.05) is 0 Å². The molecule has 0 fully saturated rings. The van der Waals surface area contributed by atoms with E-state index >= 15 is 0 Å². The van der Waals surface area contributed by atoms with Crippen molar-refractivity contribution >= 4 is 11.8 Å². The molecule has 0 aromatic carbocycles. The highest BCUT2D eigenvalue weighted by Gasteiger charge is 1.86. The third-order valence-electron chi connectivity index (χ3n) is 1.17. The third kappa shape index (κ3) is 2.22. The van der Waals surface area contributed by atoms with Crippen LogP contribution >= 0.6 is 11.8 Å². The van der Waals surface area contributed by atoms with Crippen LogP contribution in [0, 0.1) is 0 Å². The molecule has 0 saturated carbocycles. The van der Waals surface area contributed by atoms with Gasteiger partial charge in [-0.2, -0.15) is 0 Å². The van der Waals surface area contributed by atoms with Crippen LogP contribution in [0.2, 0.25) is 0 Å². The van der Waals surface area contributed by atoms with Gasteiger partial charge in [-0.15, -0.1) is 11.8 Å². The van der Waals surface area contributed by atoms with E-state index in [4.69, 9.17) is 0 Å². The van der Waals surface area contributed by atoms with Crippen molar-refractivity contribution in [1.82, 2.24) is 0 Å². The lowest BCUT2D eigenvalue weighted by Crippen LogP contribution is -1.70. The molecule has 0 saturated heterocycles. The molecule has 0 rings (SSSR count). The molecule has 0 bridgehead atoms. The molecule has 46 valence electrons. The summed E-state index contributed by atoms with van der Waals surface area (Å²) >= 11 is 1.77. The first-order chi connectivity index (χ1) is 3.72. The Morgan fingerprint density at radius 2 is 2.00 bits per heavy atom. The molecule has 0 aliphatic rings. The Kier molecular flexibility index (Phi) is 3.71. The van der Waals surface area contributed by atoms with E-state index in [1.807, 2.05) is 6.08 Å². The normalized spacial score (nSPS) is 12.9. The van der Waals surface area contributed by atoms with E-state index in [1.54, 1.807) is 11.8 Å². The fourth-order valence-corrected chi connectivity index (χ4v) is 0.710. The Morgan fingerprint density at radius 3 is 2.12 bits per heavy atom. The lowest BCUT2D eigenvalue weighted by atomic mass is 10.3. The van der Waals surface area contributed by atoms with Crippen LogP contribution in [-0.2, 0) is 0 Å². The molecule has 0 aliphatic carbocycles. The van der Waals surface area contributed by atoms with Crippen LogP contribution in [0.5, 0.6) is 0 Å². The minimum Gasteiger partial charge on any atom is -0.134 e. The van der Waals surface area contributed by atoms with Crippen LogP contribution in [0.15, 0.2) is 23.1 Å². The van der Waals surface area contributed by atoms with Crippen LogP contribution < -0.4 is 0 Å². The lowest BCUT2D eigenvalue weighted by molar-refractivity contribution is 1.46. The van der Waals surface area contributed by atoms with Crippen LogP contribution in [0.4, 0.5) is 0 Å². The maximum atomic E-state index is 3.66. The van der Waals surface area contributed by atoms with E-state index in [0.717, 1.165) is 0 Å². The smallest absolute Gasteiger partial charge is 0.0140 e. The van der Waals surface area contributed by atoms with Crippen molar-refractivity contribution in [2.24, 2.45) is 0 Å². The van der Waals surface area contributed by atoms with E-state index in [1.165, 1.54) is 10.5 Å². The van der Waals surface area contributed by atoms with Gasteiger partial charge in [-0.25, -0.2) is 0 Å². The monoisotopic (exact) mass is 128 g/mol. The first-order valence-electron chi connectivity index (χ1n) is 2.56. The van der Waals surface area contributed by atoms with Gasteiger partial charge in [-0.1, -0.05) is 12.7 Å². The van der Waals surface area contributed by atoms with E-state index in [-0.39, 0.29) is 0 Å². The molecule has 0 nitrogen and oxygen atoms in total. The molecule has 0 aromatic heterocycles. The highest BCUT2D eigenvalue weighted by atomic mass is 32.2. The van der Waals surface area contributed by atoms with Crippen LogP contribution in [0.3, 0.4) is 0 Å². The molecular weight excluding hydrogens is 116 g/mol. The van der Waals surface area contributed by atoms with Crippen molar-refractivity contribution in [2.45, 2.75) is 13.8 Å². The van der Waals surface area contributed by atoms with Gasteiger partial charge in [0.1, 0.15) is 0 Å². The van der Waals surface area contributed by atoms with E-state index < -0.39 is 0 Å². The largest absolute Gasteiger partial charge is 0.134 e. The molecule has 1 heteroatoms. The first-order valence-corrected chi connectivity index (χ1v) is 3.78. The standard InChI is InChI=1S/C7H12S/c1-5-6(2)7(3)8-4/h5H,1H2,2-4H3/b7-6-. The second-order valence-electron chi connectivity index (χ2n) is 1.65. The Hall–Kier alpha value is -0.170. The molecule has 8 heavy (non-hydrogen) atoms. The zero-order valence-electron chi connectivity index (χ0n) is 5.69. The van der Waals surface area contributed by atoms with E-state index in [2.05, 4.69) is 26.7 Å². The topological polar surface area (TPSA) is 0 Å². The quantitative estimate of drug-likeness (QED) is 0.515. The van der Waals surface area contributed by atoms with Crippen molar-refractivity contribution in [3.63, 3.8) is 0 Å². The molecular formula is C7H12S. The van der Waals surface area contributed by atoms with Gasteiger partial charge in [-0.05, 0) is 30.6 Å². The van der Waals surface area contributed by atoms with Gasteiger partial charge in [0.15, 0.2) is 0 Å². The van der Waals surface area contributed by atoms with Crippen molar-refractivity contribution < 1.29 is 0 Å². The Bertz CT molecular complexity index is 112. The minimum absolute atomic E-state index is 1.28. The second kappa shape index (κ2) is 3.79. The van der Waals surface area contributed by atoms with Gasteiger partial charge in [0.25, 0.3) is 0 Å². The summed E-state index contributed by atoms with van der Waals surface area (Å²) in [4.78, 5) is 1.35. The van der Waals surface area contributed by atoms with Gasteiger partial charge in [0.05, 0.1) is 0 Å². The SMILES string of the molecule is C=C/C(C)=C(/C)SC. The lowest BCUT2D eigenvalue weighted by Gasteiger charge is -1.95. The number of thioether (sulfide) groups is 1. The predicted molar refractivity (Wildman–Crippen MR) is 42.1 cm³/mol. The zero-order chi connectivity index (χ0) is 6.57. The molecule has 0 N–H and O–H groups in total. The summed E-state index contributed by atoms with van der Waals surface area (Å²) in [5.41, 5.74) is 1.28. The molecule has 0 radical (unpaired) electrons. The number of allylic oxidation sites excluding steroid dienone is 3.